The number of sulfonamides is 1. The number of halogens is 1. The lowest BCUT2D eigenvalue weighted by atomic mass is 9.97. The van der Waals surface area contributed by atoms with E-state index in [-0.39, 0.29) is 6.10 Å². The average Bonchev–Trinajstić information content (AvgIpc) is 2.70. The molecule has 1 aliphatic rings. The normalized spacial score (nSPS) is 25.7. The molecule has 0 spiro atoms. The molecule has 2 atom stereocenters. The maximum Gasteiger partial charge on any atom is 0.252 e. The lowest BCUT2D eigenvalue weighted by molar-refractivity contribution is 0.0184. The Morgan fingerprint density at radius 3 is 2.74 bits per heavy atom. The molecule has 2 unspecified atom stereocenters. The van der Waals surface area contributed by atoms with Crippen molar-refractivity contribution in [2.75, 3.05) is 20.2 Å². The van der Waals surface area contributed by atoms with Crippen LogP contribution in [0, 0.1) is 12.8 Å². The van der Waals surface area contributed by atoms with Gasteiger partial charge in [-0.25, -0.2) is 8.42 Å². The van der Waals surface area contributed by atoms with Crippen molar-refractivity contribution in [3.63, 3.8) is 0 Å². The molecular formula is C12H18BrNO3S2. The number of nitrogens with zero attached hydrogens (tertiary/aromatic N) is 1. The second kappa shape index (κ2) is 5.81. The maximum absolute atomic E-state index is 12.6. The first-order valence-corrected chi connectivity index (χ1v) is 9.20. The van der Waals surface area contributed by atoms with Crippen LogP contribution in [0.15, 0.2) is 14.1 Å². The molecule has 1 saturated heterocycles. The van der Waals surface area contributed by atoms with Crippen molar-refractivity contribution in [2.45, 2.75) is 30.6 Å². The smallest absolute Gasteiger partial charge is 0.252 e. The van der Waals surface area contributed by atoms with Crippen LogP contribution in [0.1, 0.15) is 18.9 Å². The summed E-state index contributed by atoms with van der Waals surface area (Å²) in [6, 6.07) is 1.73. The van der Waals surface area contributed by atoms with Crippen molar-refractivity contribution >= 4 is 37.3 Å². The van der Waals surface area contributed by atoms with E-state index in [9.17, 15) is 8.42 Å². The van der Waals surface area contributed by atoms with Gasteiger partial charge in [-0.2, -0.15) is 4.31 Å². The van der Waals surface area contributed by atoms with Gasteiger partial charge >= 0.3 is 0 Å². The molecule has 0 N–H and O–H groups in total. The third-order valence-electron chi connectivity index (χ3n) is 3.58. The molecule has 1 aromatic rings. The summed E-state index contributed by atoms with van der Waals surface area (Å²) in [5.74, 6) is 0.397. The third-order valence-corrected chi connectivity index (χ3v) is 8.03. The monoisotopic (exact) mass is 367 g/mol. The quantitative estimate of drug-likeness (QED) is 0.824. The predicted octanol–water partition coefficient (Wildman–Crippen LogP) is 2.86. The summed E-state index contributed by atoms with van der Waals surface area (Å²) >= 11 is 4.65. The Kier molecular flexibility index (Phi) is 4.72. The van der Waals surface area contributed by atoms with Crippen molar-refractivity contribution in [3.8, 4) is 0 Å². The van der Waals surface area contributed by atoms with Gasteiger partial charge in [0.05, 0.1) is 9.89 Å². The standard InChI is InChI=1S/C12H18BrNO3S2/c1-8-4-5-14(7-10(8)17-3)19(15,16)11-6-9(2)12(13)18-11/h6,8,10H,4-5,7H2,1-3H3. The topological polar surface area (TPSA) is 46.6 Å². The van der Waals surface area contributed by atoms with Gasteiger partial charge in [-0.1, -0.05) is 6.92 Å². The summed E-state index contributed by atoms with van der Waals surface area (Å²) < 4.78 is 33.4. The number of thiophene rings is 1. The molecule has 0 aromatic carbocycles. The Balaban J connectivity index is 2.25. The van der Waals surface area contributed by atoms with Gasteiger partial charge in [0.2, 0.25) is 0 Å². The first-order valence-electron chi connectivity index (χ1n) is 6.15. The fourth-order valence-electron chi connectivity index (χ4n) is 2.22. The highest BCUT2D eigenvalue weighted by atomic mass is 79.9. The average molecular weight is 368 g/mol. The van der Waals surface area contributed by atoms with Gasteiger partial charge in [-0.05, 0) is 46.8 Å². The molecule has 7 heteroatoms. The van der Waals surface area contributed by atoms with Crippen LogP contribution in [0.5, 0.6) is 0 Å². The summed E-state index contributed by atoms with van der Waals surface area (Å²) in [5, 5.41) is 0. The zero-order chi connectivity index (χ0) is 14.2. The number of aryl methyl sites for hydroxylation is 1. The first kappa shape index (κ1) is 15.4. The molecule has 0 aliphatic carbocycles. The van der Waals surface area contributed by atoms with Gasteiger partial charge in [0.25, 0.3) is 10.0 Å². The highest BCUT2D eigenvalue weighted by Crippen LogP contribution is 2.34. The predicted molar refractivity (Wildman–Crippen MR) is 80.1 cm³/mol. The van der Waals surface area contributed by atoms with Crippen LogP contribution in [0.4, 0.5) is 0 Å². The molecule has 1 fully saturated rings. The van der Waals surface area contributed by atoms with Crippen LogP contribution in [0.25, 0.3) is 0 Å². The molecule has 108 valence electrons. The highest BCUT2D eigenvalue weighted by molar-refractivity contribution is 9.11. The van der Waals surface area contributed by atoms with Crippen molar-refractivity contribution < 1.29 is 13.2 Å². The van der Waals surface area contributed by atoms with E-state index >= 15 is 0 Å². The fourth-order valence-corrected chi connectivity index (χ4v) is 6.06. The van der Waals surface area contributed by atoms with E-state index < -0.39 is 10.0 Å². The number of hydrogen-bond acceptors (Lipinski definition) is 4. The maximum atomic E-state index is 12.6. The molecule has 2 heterocycles. The molecule has 1 aliphatic heterocycles. The Bertz CT molecular complexity index is 536. The number of ether oxygens (including phenoxy) is 1. The van der Waals surface area contributed by atoms with E-state index in [1.807, 2.05) is 6.92 Å². The molecule has 0 saturated carbocycles. The number of rotatable bonds is 3. The molecule has 19 heavy (non-hydrogen) atoms. The van der Waals surface area contributed by atoms with Gasteiger partial charge in [0.1, 0.15) is 4.21 Å². The second-order valence-corrected chi connectivity index (χ2v) is 9.46. The SMILES string of the molecule is COC1CN(S(=O)(=O)c2cc(C)c(Br)s2)CCC1C. The Labute approximate surface area is 126 Å². The van der Waals surface area contributed by atoms with E-state index in [0.717, 1.165) is 15.8 Å². The largest absolute Gasteiger partial charge is 0.380 e. The number of methoxy groups -OCH3 is 1. The van der Waals surface area contributed by atoms with Crippen LogP contribution in [-0.4, -0.2) is 39.0 Å². The van der Waals surface area contributed by atoms with Gasteiger partial charge in [0.15, 0.2) is 0 Å². The molecule has 4 nitrogen and oxygen atoms in total. The van der Waals surface area contributed by atoms with E-state index in [4.69, 9.17) is 4.74 Å². The second-order valence-electron chi connectivity index (χ2n) is 4.93. The van der Waals surface area contributed by atoms with E-state index in [0.29, 0.717) is 23.2 Å². The van der Waals surface area contributed by atoms with E-state index in [1.165, 1.54) is 11.3 Å². The Morgan fingerprint density at radius 1 is 1.53 bits per heavy atom. The third kappa shape index (κ3) is 3.05. The fraction of sp³-hybridized carbons (Fsp3) is 0.667. The number of hydrogen-bond donors (Lipinski definition) is 0. The summed E-state index contributed by atoms with van der Waals surface area (Å²) in [4.78, 5) is 0. The van der Waals surface area contributed by atoms with Crippen molar-refractivity contribution in [2.24, 2.45) is 5.92 Å². The van der Waals surface area contributed by atoms with Crippen molar-refractivity contribution in [1.29, 1.82) is 0 Å². The summed E-state index contributed by atoms with van der Waals surface area (Å²) in [5.41, 5.74) is 0.956. The van der Waals surface area contributed by atoms with Gasteiger partial charge in [-0.15, -0.1) is 11.3 Å². The molecule has 1 aromatic heterocycles. The molecule has 0 amide bonds. The minimum absolute atomic E-state index is 0.0203. The number of piperidine rings is 1. The van der Waals surface area contributed by atoms with Crippen molar-refractivity contribution in [3.05, 3.63) is 15.4 Å². The van der Waals surface area contributed by atoms with Crippen LogP contribution in [0.3, 0.4) is 0 Å². The lowest BCUT2D eigenvalue weighted by Gasteiger charge is -2.35. The molecule has 2 rings (SSSR count). The Hall–Kier alpha value is 0.0500. The van der Waals surface area contributed by atoms with Crippen LogP contribution < -0.4 is 0 Å². The van der Waals surface area contributed by atoms with Crippen molar-refractivity contribution in [1.82, 2.24) is 4.31 Å². The van der Waals surface area contributed by atoms with Crippen LogP contribution in [0.2, 0.25) is 0 Å². The zero-order valence-corrected chi connectivity index (χ0v) is 14.4. The molecule has 0 bridgehead atoms. The van der Waals surface area contributed by atoms with Crippen LogP contribution >= 0.6 is 27.3 Å². The highest BCUT2D eigenvalue weighted by Gasteiger charge is 2.34. The minimum Gasteiger partial charge on any atom is -0.380 e. The molecular weight excluding hydrogens is 350 g/mol. The summed E-state index contributed by atoms with van der Waals surface area (Å²) in [6.07, 6.45) is 0.816. The van der Waals surface area contributed by atoms with E-state index in [2.05, 4.69) is 22.9 Å². The summed E-state index contributed by atoms with van der Waals surface area (Å²) in [7, 11) is -1.75. The molecule has 0 radical (unpaired) electrons. The first-order chi connectivity index (χ1) is 8.86. The van der Waals surface area contributed by atoms with Gasteiger partial charge in [-0.3, -0.25) is 0 Å². The Morgan fingerprint density at radius 2 is 2.21 bits per heavy atom. The lowest BCUT2D eigenvalue weighted by Crippen LogP contribution is -2.46. The van der Waals surface area contributed by atoms with Crippen LogP contribution in [-0.2, 0) is 14.8 Å². The van der Waals surface area contributed by atoms with Gasteiger partial charge in [0, 0.05) is 20.2 Å². The minimum atomic E-state index is -3.39. The summed E-state index contributed by atoms with van der Waals surface area (Å²) in [6.45, 7) is 5.01. The van der Waals surface area contributed by atoms with E-state index in [1.54, 1.807) is 17.5 Å². The van der Waals surface area contributed by atoms with Gasteiger partial charge < -0.3 is 4.74 Å². The zero-order valence-electron chi connectivity index (χ0n) is 11.2.